The second-order valence-electron chi connectivity index (χ2n) is 12.0. The van der Waals surface area contributed by atoms with Crippen molar-refractivity contribution in [3.63, 3.8) is 0 Å². The Labute approximate surface area is 280 Å². The Kier molecular flexibility index (Phi) is 10.4. The number of halogens is 2. The second kappa shape index (κ2) is 14.7. The normalized spacial score (nSPS) is 18.7. The predicted octanol–water partition coefficient (Wildman–Crippen LogP) is 6.72. The summed E-state index contributed by atoms with van der Waals surface area (Å²) >= 11 is 14.2. The Balaban J connectivity index is 1.29. The topological polar surface area (TPSA) is 91.2 Å². The van der Waals surface area contributed by atoms with Crippen LogP contribution in [0.5, 0.6) is 11.8 Å². The van der Waals surface area contributed by atoms with E-state index in [9.17, 15) is 10.2 Å². The van der Waals surface area contributed by atoms with Crippen LogP contribution in [0.25, 0.3) is 33.6 Å². The summed E-state index contributed by atoms with van der Waals surface area (Å²) in [4.78, 5) is 14.2. The molecule has 2 aromatic heterocycles. The average Bonchev–Trinajstić information content (AvgIpc) is 3.74. The van der Waals surface area contributed by atoms with E-state index >= 15 is 0 Å². The van der Waals surface area contributed by atoms with E-state index in [0.29, 0.717) is 46.3 Å². The zero-order valence-electron chi connectivity index (χ0n) is 26.3. The maximum absolute atomic E-state index is 9.75. The first-order valence-corrected chi connectivity index (χ1v) is 16.6. The van der Waals surface area contributed by atoms with Gasteiger partial charge in [-0.2, -0.15) is 0 Å². The molecule has 2 atom stereocenters. The molecular formula is C36H40Cl2N4O4. The Morgan fingerprint density at radius 2 is 1.07 bits per heavy atom. The number of aliphatic hydroxyl groups is 2. The molecule has 0 bridgehead atoms. The van der Waals surface area contributed by atoms with Crippen LogP contribution < -0.4 is 9.47 Å². The predicted molar refractivity (Wildman–Crippen MR) is 182 cm³/mol. The van der Waals surface area contributed by atoms with E-state index in [2.05, 4.69) is 9.80 Å². The summed E-state index contributed by atoms with van der Waals surface area (Å²) in [5, 5.41) is 20.6. The van der Waals surface area contributed by atoms with Gasteiger partial charge in [-0.1, -0.05) is 71.7 Å². The van der Waals surface area contributed by atoms with Crippen molar-refractivity contribution in [1.29, 1.82) is 0 Å². The SMILES string of the molecule is COc1nc(-c2cccc(-c3cccc(-c4ccc(CN5CCC[C@H]5CO)c(OC)n4)c3Cl)c2Cl)ccc1CN1CCC[C@H]1CO. The molecule has 0 saturated carbocycles. The standard InChI is InChI=1S/C36H40Cl2N4O4/c1-45-35-23(19-41-17-5-7-25(41)21-43)13-15-31(39-35)29-11-3-9-27(33(29)37)28-10-4-12-30(34(28)38)32-16-14-24(36(40-32)46-2)20-42-18-6-8-26(42)22-44/h3-4,9-16,25-26,43-44H,5-8,17-22H2,1-2H3/t25-,26-/m0/s1. The van der Waals surface area contributed by atoms with Crippen LogP contribution in [0.4, 0.5) is 0 Å². The zero-order valence-corrected chi connectivity index (χ0v) is 27.8. The molecule has 6 rings (SSSR count). The van der Waals surface area contributed by atoms with Gasteiger partial charge >= 0.3 is 0 Å². The van der Waals surface area contributed by atoms with Crippen LogP contribution in [0.1, 0.15) is 36.8 Å². The lowest BCUT2D eigenvalue weighted by Crippen LogP contribution is -2.31. The van der Waals surface area contributed by atoms with Gasteiger partial charge in [-0.3, -0.25) is 9.80 Å². The number of nitrogens with zero attached hydrogens (tertiary/aromatic N) is 4. The molecule has 2 fully saturated rings. The van der Waals surface area contributed by atoms with E-state index in [0.717, 1.165) is 72.2 Å². The highest BCUT2D eigenvalue weighted by molar-refractivity contribution is 6.39. The molecule has 2 aliphatic heterocycles. The van der Waals surface area contributed by atoms with Crippen LogP contribution >= 0.6 is 23.2 Å². The van der Waals surface area contributed by atoms with Crippen molar-refractivity contribution in [2.45, 2.75) is 50.9 Å². The van der Waals surface area contributed by atoms with Crippen molar-refractivity contribution in [3.8, 4) is 45.4 Å². The van der Waals surface area contributed by atoms with Gasteiger partial charge in [0.15, 0.2) is 0 Å². The number of ether oxygens (including phenoxy) is 2. The number of likely N-dealkylation sites (tertiary alicyclic amines) is 2. The van der Waals surface area contributed by atoms with Crippen molar-refractivity contribution >= 4 is 23.2 Å². The molecule has 0 amide bonds. The second-order valence-corrected chi connectivity index (χ2v) is 12.7. The number of hydrogen-bond acceptors (Lipinski definition) is 8. The van der Waals surface area contributed by atoms with Gasteiger partial charge in [-0.05, 0) is 50.9 Å². The first-order valence-electron chi connectivity index (χ1n) is 15.8. The lowest BCUT2D eigenvalue weighted by Gasteiger charge is -2.23. The molecule has 242 valence electrons. The lowest BCUT2D eigenvalue weighted by atomic mass is 9.98. The van der Waals surface area contributed by atoms with Gasteiger partial charge in [-0.25, -0.2) is 9.97 Å². The largest absolute Gasteiger partial charge is 0.481 e. The maximum Gasteiger partial charge on any atom is 0.218 e. The van der Waals surface area contributed by atoms with E-state index in [1.165, 1.54) is 0 Å². The molecule has 0 spiro atoms. The molecule has 2 aliphatic rings. The zero-order chi connectivity index (χ0) is 32.2. The molecule has 0 radical (unpaired) electrons. The summed E-state index contributed by atoms with van der Waals surface area (Å²) in [6.45, 7) is 3.52. The molecule has 2 N–H and O–H groups in total. The fourth-order valence-corrected chi connectivity index (χ4v) is 7.42. The van der Waals surface area contributed by atoms with Crippen molar-refractivity contribution in [2.75, 3.05) is 40.5 Å². The van der Waals surface area contributed by atoms with Crippen molar-refractivity contribution in [1.82, 2.24) is 19.8 Å². The molecule has 0 aliphatic carbocycles. The minimum absolute atomic E-state index is 0.152. The van der Waals surface area contributed by atoms with Crippen molar-refractivity contribution < 1.29 is 19.7 Å². The third kappa shape index (κ3) is 6.61. The molecule has 0 unspecified atom stereocenters. The summed E-state index contributed by atoms with van der Waals surface area (Å²) in [5.41, 5.74) is 6.44. The van der Waals surface area contributed by atoms with Crippen LogP contribution in [-0.2, 0) is 13.1 Å². The van der Waals surface area contributed by atoms with Crippen molar-refractivity contribution in [2.24, 2.45) is 0 Å². The number of rotatable bonds is 11. The van der Waals surface area contributed by atoms with Gasteiger partial charge in [0.25, 0.3) is 0 Å². The van der Waals surface area contributed by atoms with E-state index in [1.54, 1.807) is 14.2 Å². The van der Waals surface area contributed by atoms with Crippen LogP contribution in [0.3, 0.4) is 0 Å². The number of aromatic nitrogens is 2. The fourth-order valence-electron chi connectivity index (χ4n) is 6.77. The molecule has 4 aromatic rings. The molecule has 46 heavy (non-hydrogen) atoms. The van der Waals surface area contributed by atoms with Gasteiger partial charge < -0.3 is 19.7 Å². The average molecular weight is 664 g/mol. The molecule has 4 heterocycles. The highest BCUT2D eigenvalue weighted by Gasteiger charge is 2.27. The molecule has 2 aromatic carbocycles. The van der Waals surface area contributed by atoms with E-state index in [-0.39, 0.29) is 25.3 Å². The maximum atomic E-state index is 9.75. The minimum Gasteiger partial charge on any atom is -0.481 e. The lowest BCUT2D eigenvalue weighted by molar-refractivity contribution is 0.152. The van der Waals surface area contributed by atoms with Gasteiger partial charge in [0, 0.05) is 58.6 Å². The number of hydrogen-bond donors (Lipinski definition) is 2. The third-order valence-corrected chi connectivity index (χ3v) is 10.1. The van der Waals surface area contributed by atoms with Crippen LogP contribution in [-0.4, -0.2) is 82.6 Å². The van der Waals surface area contributed by atoms with Crippen molar-refractivity contribution in [3.05, 3.63) is 81.8 Å². The van der Waals surface area contributed by atoms with Crippen LogP contribution in [0.15, 0.2) is 60.7 Å². The summed E-state index contributed by atoms with van der Waals surface area (Å²) in [6.07, 6.45) is 4.14. The van der Waals surface area contributed by atoms with Gasteiger partial charge in [-0.15, -0.1) is 0 Å². The highest BCUT2D eigenvalue weighted by atomic mass is 35.5. The van der Waals surface area contributed by atoms with E-state index < -0.39 is 0 Å². The Morgan fingerprint density at radius 3 is 1.46 bits per heavy atom. The number of aliphatic hydroxyl groups excluding tert-OH is 2. The molecule has 10 heteroatoms. The van der Waals surface area contributed by atoms with E-state index in [4.69, 9.17) is 42.6 Å². The quantitative estimate of drug-likeness (QED) is 0.183. The van der Waals surface area contributed by atoms with Crippen LogP contribution in [0.2, 0.25) is 10.0 Å². The number of benzene rings is 2. The number of methoxy groups -OCH3 is 2. The summed E-state index contributed by atoms with van der Waals surface area (Å²) in [6, 6.07) is 20.0. The summed E-state index contributed by atoms with van der Waals surface area (Å²) < 4.78 is 11.4. The van der Waals surface area contributed by atoms with Gasteiger partial charge in [0.2, 0.25) is 11.8 Å². The summed E-state index contributed by atoms with van der Waals surface area (Å²) in [7, 11) is 3.25. The molecule has 2 saturated heterocycles. The summed E-state index contributed by atoms with van der Waals surface area (Å²) in [5.74, 6) is 1.09. The molecule has 8 nitrogen and oxygen atoms in total. The third-order valence-electron chi connectivity index (χ3n) is 9.27. The molecular weight excluding hydrogens is 623 g/mol. The highest BCUT2D eigenvalue weighted by Crippen LogP contribution is 2.42. The number of pyridine rings is 2. The van der Waals surface area contributed by atoms with Gasteiger partial charge in [0.1, 0.15) is 0 Å². The van der Waals surface area contributed by atoms with Crippen LogP contribution in [0, 0.1) is 0 Å². The monoisotopic (exact) mass is 662 g/mol. The first kappa shape index (κ1) is 32.7. The Bertz CT molecular complexity index is 1560. The van der Waals surface area contributed by atoms with E-state index in [1.807, 2.05) is 60.7 Å². The fraction of sp³-hybridized carbons (Fsp3) is 0.389. The first-order chi connectivity index (χ1) is 22.4. The van der Waals surface area contributed by atoms with Gasteiger partial charge in [0.05, 0.1) is 48.9 Å². The Hall–Kier alpha value is -3.24. The minimum atomic E-state index is 0.152. The smallest absolute Gasteiger partial charge is 0.218 e. The Morgan fingerprint density at radius 1 is 0.652 bits per heavy atom.